The number of fused-ring (bicyclic) bond motifs is 1. The Morgan fingerprint density at radius 2 is 1.50 bits per heavy atom. The Morgan fingerprint density at radius 1 is 0.833 bits per heavy atom. The molecule has 3 aromatic rings. The lowest BCUT2D eigenvalue weighted by Crippen LogP contribution is -3.00. The molecular weight excluding hydrogens is 244 g/mol. The highest BCUT2D eigenvalue weighted by Gasteiger charge is 2.15. The summed E-state index contributed by atoms with van der Waals surface area (Å²) in [4.78, 5) is 0. The van der Waals surface area contributed by atoms with Crippen molar-refractivity contribution < 1.29 is 16.8 Å². The maximum absolute atomic E-state index is 5.93. The highest BCUT2D eigenvalue weighted by Crippen LogP contribution is 2.27. The summed E-state index contributed by atoms with van der Waals surface area (Å²) in [5.74, 6) is 0.918. The summed E-state index contributed by atoms with van der Waals surface area (Å²) in [6.45, 7) is 2.12. The van der Waals surface area contributed by atoms with Crippen LogP contribution in [0, 0.1) is 6.92 Å². The minimum Gasteiger partial charge on any atom is -1.00 e. The van der Waals surface area contributed by atoms with E-state index >= 15 is 0 Å². The largest absolute Gasteiger partial charge is 1.00 e. The van der Waals surface area contributed by atoms with Crippen LogP contribution in [0.1, 0.15) is 5.56 Å². The van der Waals surface area contributed by atoms with Gasteiger partial charge in [0.05, 0.1) is 10.9 Å². The standard InChI is InChI=1S/C16H13O.ClH/c1-12-11-16(13-7-3-2-4-8-13)17-15-10-6-5-9-14(12)15;/h2-11H,1H3;1H/q+1;/p-1. The Kier molecular flexibility index (Phi) is 3.63. The Bertz CT molecular complexity index is 662. The van der Waals surface area contributed by atoms with E-state index in [0.717, 1.165) is 16.9 Å². The lowest BCUT2D eigenvalue weighted by Gasteiger charge is -1.96. The van der Waals surface area contributed by atoms with Gasteiger partial charge in [-0.15, -0.1) is 0 Å². The number of hydrogen-bond donors (Lipinski definition) is 0. The molecule has 0 spiro atoms. The fourth-order valence-corrected chi connectivity index (χ4v) is 2.05. The molecule has 0 radical (unpaired) electrons. The lowest BCUT2D eigenvalue weighted by molar-refractivity contribution is -0.00000387. The minimum absolute atomic E-state index is 0. The first-order chi connectivity index (χ1) is 8.34. The van der Waals surface area contributed by atoms with Crippen molar-refractivity contribution in [1.82, 2.24) is 0 Å². The van der Waals surface area contributed by atoms with Crippen molar-refractivity contribution in [3.8, 4) is 11.3 Å². The second kappa shape index (κ2) is 5.19. The number of rotatable bonds is 1. The molecule has 1 nitrogen and oxygen atoms in total. The molecule has 0 aliphatic carbocycles. The van der Waals surface area contributed by atoms with Gasteiger partial charge < -0.3 is 12.4 Å². The average Bonchev–Trinajstić information content (AvgIpc) is 2.40. The summed E-state index contributed by atoms with van der Waals surface area (Å²) >= 11 is 0. The second-order valence-electron chi connectivity index (χ2n) is 4.16. The van der Waals surface area contributed by atoms with E-state index < -0.39 is 0 Å². The predicted octanol–water partition coefficient (Wildman–Crippen LogP) is 1.69. The van der Waals surface area contributed by atoms with Crippen LogP contribution >= 0.6 is 0 Å². The molecule has 0 fully saturated rings. The Hall–Kier alpha value is -1.86. The van der Waals surface area contributed by atoms with Crippen LogP contribution in [0.2, 0.25) is 0 Å². The van der Waals surface area contributed by atoms with E-state index in [1.165, 1.54) is 10.9 Å². The van der Waals surface area contributed by atoms with Crippen LogP contribution in [-0.4, -0.2) is 0 Å². The van der Waals surface area contributed by atoms with Crippen molar-refractivity contribution in [2.24, 2.45) is 0 Å². The van der Waals surface area contributed by atoms with Crippen LogP contribution in [0.15, 0.2) is 65.1 Å². The van der Waals surface area contributed by atoms with E-state index in [1.807, 2.05) is 36.4 Å². The van der Waals surface area contributed by atoms with Gasteiger partial charge in [-0.25, -0.2) is 4.42 Å². The van der Waals surface area contributed by atoms with Crippen molar-refractivity contribution in [1.29, 1.82) is 0 Å². The normalized spacial score (nSPS) is 10.1. The molecule has 0 unspecified atom stereocenters. The molecular formula is C16H13ClO. The number of para-hydroxylation sites is 1. The van der Waals surface area contributed by atoms with Gasteiger partial charge in [-0.2, -0.15) is 0 Å². The van der Waals surface area contributed by atoms with Crippen molar-refractivity contribution in [2.45, 2.75) is 6.92 Å². The third-order valence-corrected chi connectivity index (χ3v) is 2.94. The molecule has 0 amide bonds. The first-order valence-corrected chi connectivity index (χ1v) is 5.72. The van der Waals surface area contributed by atoms with Gasteiger partial charge in [-0.05, 0) is 30.7 Å². The first-order valence-electron chi connectivity index (χ1n) is 5.72. The Labute approximate surface area is 112 Å². The SMILES string of the molecule is Cc1cc(-c2ccccc2)[o+]c2ccccc12.[Cl-]. The van der Waals surface area contributed by atoms with Gasteiger partial charge in [-0.1, -0.05) is 30.3 Å². The topological polar surface area (TPSA) is 11.3 Å². The quantitative estimate of drug-likeness (QED) is 0.603. The Balaban J connectivity index is 0.00000120. The summed E-state index contributed by atoms with van der Waals surface area (Å²) in [7, 11) is 0. The van der Waals surface area contributed by atoms with Crippen molar-refractivity contribution in [3.05, 3.63) is 66.2 Å². The molecule has 3 rings (SSSR count). The summed E-state index contributed by atoms with van der Waals surface area (Å²) in [5, 5.41) is 1.17. The molecule has 1 aromatic heterocycles. The predicted molar refractivity (Wildman–Crippen MR) is 70.8 cm³/mol. The van der Waals surface area contributed by atoms with Gasteiger partial charge >= 0.3 is 11.3 Å². The summed E-state index contributed by atoms with van der Waals surface area (Å²) in [6.07, 6.45) is 0. The molecule has 0 atom stereocenters. The van der Waals surface area contributed by atoms with Crippen molar-refractivity contribution in [3.63, 3.8) is 0 Å². The first kappa shape index (κ1) is 12.6. The minimum atomic E-state index is 0. The zero-order chi connectivity index (χ0) is 11.7. The van der Waals surface area contributed by atoms with Crippen LogP contribution in [0.5, 0.6) is 0 Å². The van der Waals surface area contributed by atoms with Crippen LogP contribution in [0.25, 0.3) is 22.3 Å². The highest BCUT2D eigenvalue weighted by molar-refractivity contribution is 5.82. The molecule has 0 N–H and O–H groups in total. The molecule has 0 saturated carbocycles. The molecule has 0 aliphatic heterocycles. The van der Waals surface area contributed by atoms with Gasteiger partial charge in [-0.3, -0.25) is 0 Å². The fourth-order valence-electron chi connectivity index (χ4n) is 2.05. The molecule has 1 heterocycles. The number of benzene rings is 2. The summed E-state index contributed by atoms with van der Waals surface area (Å²) in [6, 6.07) is 20.4. The smallest absolute Gasteiger partial charge is 0.361 e. The zero-order valence-corrected chi connectivity index (χ0v) is 10.8. The molecule has 0 saturated heterocycles. The summed E-state index contributed by atoms with van der Waals surface area (Å²) in [5.41, 5.74) is 3.29. The van der Waals surface area contributed by atoms with Crippen LogP contribution in [0.4, 0.5) is 0 Å². The van der Waals surface area contributed by atoms with E-state index in [4.69, 9.17) is 4.42 Å². The summed E-state index contributed by atoms with van der Waals surface area (Å²) < 4.78 is 5.93. The van der Waals surface area contributed by atoms with Gasteiger partial charge in [0.2, 0.25) is 0 Å². The molecule has 90 valence electrons. The van der Waals surface area contributed by atoms with Gasteiger partial charge in [0.15, 0.2) is 0 Å². The Morgan fingerprint density at radius 3 is 2.28 bits per heavy atom. The van der Waals surface area contributed by atoms with E-state index in [1.54, 1.807) is 0 Å². The molecule has 18 heavy (non-hydrogen) atoms. The third kappa shape index (κ3) is 2.22. The van der Waals surface area contributed by atoms with Gasteiger partial charge in [0.1, 0.15) is 0 Å². The fraction of sp³-hybridized carbons (Fsp3) is 0.0625. The van der Waals surface area contributed by atoms with E-state index in [2.05, 4.69) is 31.2 Å². The van der Waals surface area contributed by atoms with E-state index in [0.29, 0.717) is 0 Å². The second-order valence-corrected chi connectivity index (χ2v) is 4.16. The van der Waals surface area contributed by atoms with Crippen molar-refractivity contribution in [2.75, 3.05) is 0 Å². The number of halogens is 1. The van der Waals surface area contributed by atoms with Crippen LogP contribution in [0.3, 0.4) is 0 Å². The lowest BCUT2D eigenvalue weighted by atomic mass is 10.1. The van der Waals surface area contributed by atoms with Crippen LogP contribution < -0.4 is 12.4 Å². The van der Waals surface area contributed by atoms with Gasteiger partial charge in [0, 0.05) is 12.1 Å². The van der Waals surface area contributed by atoms with Gasteiger partial charge in [0.25, 0.3) is 0 Å². The molecule has 2 aromatic carbocycles. The van der Waals surface area contributed by atoms with E-state index in [-0.39, 0.29) is 12.4 Å². The monoisotopic (exact) mass is 256 g/mol. The highest BCUT2D eigenvalue weighted by atomic mass is 35.5. The maximum Gasteiger partial charge on any atom is 0.361 e. The van der Waals surface area contributed by atoms with E-state index in [9.17, 15) is 0 Å². The van der Waals surface area contributed by atoms with Crippen molar-refractivity contribution >= 4 is 11.0 Å². The zero-order valence-electron chi connectivity index (χ0n) is 10.1. The molecule has 2 heteroatoms. The number of aryl methyl sites for hydroxylation is 1. The molecule has 0 aliphatic rings. The molecule has 0 bridgehead atoms. The van der Waals surface area contributed by atoms with Crippen LogP contribution in [-0.2, 0) is 0 Å². The average molecular weight is 257 g/mol. The number of hydrogen-bond acceptors (Lipinski definition) is 0. The maximum atomic E-state index is 5.93. The third-order valence-electron chi connectivity index (χ3n) is 2.94.